The second-order valence-corrected chi connectivity index (χ2v) is 6.49. The van der Waals surface area contributed by atoms with Gasteiger partial charge in [-0.05, 0) is 12.1 Å². The molecule has 2 heterocycles. The molecule has 0 radical (unpaired) electrons. The number of hydrazine groups is 1. The van der Waals surface area contributed by atoms with Crippen molar-refractivity contribution in [3.8, 4) is 0 Å². The largest absolute Gasteiger partial charge is 0.451 e. The Bertz CT molecular complexity index is 882. The van der Waals surface area contributed by atoms with Crippen LogP contribution in [0.1, 0.15) is 0 Å². The van der Waals surface area contributed by atoms with Crippen molar-refractivity contribution in [1.29, 1.82) is 0 Å². The van der Waals surface area contributed by atoms with E-state index in [1.165, 1.54) is 12.1 Å². The number of nitrogens with one attached hydrogen (secondary N) is 1. The maximum absolute atomic E-state index is 13.3. The molecule has 1 aromatic rings. The number of hydrogen-bond acceptors (Lipinski definition) is 5. The second kappa shape index (κ2) is 6.43. The van der Waals surface area contributed by atoms with Gasteiger partial charge < -0.3 is 5.73 Å². The minimum atomic E-state index is -5.20. The Labute approximate surface area is 162 Å². The van der Waals surface area contributed by atoms with E-state index in [0.717, 1.165) is 5.01 Å². The van der Waals surface area contributed by atoms with Gasteiger partial charge in [0.2, 0.25) is 5.84 Å². The van der Waals surface area contributed by atoms with E-state index in [0.29, 0.717) is 0 Å². The molecule has 27 heavy (non-hydrogen) atoms. The highest BCUT2D eigenvalue weighted by atomic mass is 35.5. The van der Waals surface area contributed by atoms with Gasteiger partial charge in [0, 0.05) is 0 Å². The summed E-state index contributed by atoms with van der Waals surface area (Å²) in [5, 5.41) is 0.772. The fourth-order valence-corrected chi connectivity index (χ4v) is 3.00. The molecule has 14 heteroatoms. The maximum atomic E-state index is 13.3. The maximum Gasteiger partial charge on any atom is 0.451 e. The van der Waals surface area contributed by atoms with Gasteiger partial charge in [0.25, 0.3) is 0 Å². The number of fused-ring (bicyclic) bond motifs is 1. The lowest BCUT2D eigenvalue weighted by Crippen LogP contribution is -2.43. The van der Waals surface area contributed by atoms with Crippen LogP contribution in [0.2, 0.25) is 15.1 Å². The molecular formula is C13H6Cl3F6N5. The number of aliphatic imine (C=N–C) groups is 2. The van der Waals surface area contributed by atoms with Crippen LogP contribution in [0, 0.1) is 0 Å². The summed E-state index contributed by atoms with van der Waals surface area (Å²) < 4.78 is 78.5. The van der Waals surface area contributed by atoms with Crippen molar-refractivity contribution in [1.82, 2.24) is 5.43 Å². The fraction of sp³-hybridized carbons (Fsp3) is 0.231. The Morgan fingerprint density at radius 3 is 2.04 bits per heavy atom. The first-order chi connectivity index (χ1) is 12.3. The van der Waals surface area contributed by atoms with Gasteiger partial charge in [0.1, 0.15) is 12.0 Å². The summed E-state index contributed by atoms with van der Waals surface area (Å²) in [6.45, 7) is 0. The summed E-state index contributed by atoms with van der Waals surface area (Å²) >= 11 is 17.6. The zero-order chi connectivity index (χ0) is 20.3. The lowest BCUT2D eigenvalue weighted by Gasteiger charge is -2.22. The van der Waals surface area contributed by atoms with Crippen LogP contribution in [0.4, 0.5) is 32.0 Å². The SMILES string of the molecule is NC1=C2C(C(F)(F)F)=NC(C(F)(F)F)=NC2NN1c1cc(Cl)c(Cl)c(Cl)c1. The van der Waals surface area contributed by atoms with E-state index in [2.05, 4.69) is 15.4 Å². The Morgan fingerprint density at radius 2 is 1.56 bits per heavy atom. The highest BCUT2D eigenvalue weighted by molar-refractivity contribution is 6.48. The van der Waals surface area contributed by atoms with Crippen LogP contribution in [-0.4, -0.2) is 30.1 Å². The van der Waals surface area contributed by atoms with Crippen molar-refractivity contribution in [2.45, 2.75) is 18.5 Å². The fourth-order valence-electron chi connectivity index (χ4n) is 2.42. The van der Waals surface area contributed by atoms with E-state index in [1.54, 1.807) is 0 Å². The van der Waals surface area contributed by atoms with Crippen LogP contribution < -0.4 is 16.2 Å². The van der Waals surface area contributed by atoms with Crippen LogP contribution in [0.25, 0.3) is 0 Å². The number of halogens is 9. The average Bonchev–Trinajstić information content (AvgIpc) is 2.86. The molecule has 0 fully saturated rings. The van der Waals surface area contributed by atoms with E-state index < -0.39 is 41.5 Å². The average molecular weight is 453 g/mol. The van der Waals surface area contributed by atoms with Crippen molar-refractivity contribution >= 4 is 52.0 Å². The van der Waals surface area contributed by atoms with Crippen LogP contribution in [-0.2, 0) is 0 Å². The molecule has 0 saturated heterocycles. The quantitative estimate of drug-likeness (QED) is 0.489. The van der Waals surface area contributed by atoms with E-state index in [1.807, 2.05) is 0 Å². The monoisotopic (exact) mass is 451 g/mol. The van der Waals surface area contributed by atoms with E-state index in [9.17, 15) is 26.3 Å². The predicted octanol–water partition coefficient (Wildman–Crippen LogP) is 4.45. The molecule has 3 N–H and O–H groups in total. The smallest absolute Gasteiger partial charge is 0.384 e. The minimum absolute atomic E-state index is 0.0140. The Balaban J connectivity index is 2.13. The molecule has 0 spiro atoms. The topological polar surface area (TPSA) is 66.0 Å². The third-order valence-corrected chi connectivity index (χ3v) is 4.71. The first-order valence-electron chi connectivity index (χ1n) is 6.82. The number of nitrogens with two attached hydrogens (primary N) is 1. The molecular weight excluding hydrogens is 447 g/mol. The third-order valence-electron chi connectivity index (χ3n) is 3.51. The van der Waals surface area contributed by atoms with E-state index in [4.69, 9.17) is 40.5 Å². The molecule has 146 valence electrons. The van der Waals surface area contributed by atoms with Gasteiger partial charge in [-0.25, -0.2) is 9.98 Å². The van der Waals surface area contributed by atoms with E-state index in [-0.39, 0.29) is 20.8 Å². The summed E-state index contributed by atoms with van der Waals surface area (Å²) in [7, 11) is 0. The minimum Gasteiger partial charge on any atom is -0.384 e. The molecule has 1 atom stereocenters. The summed E-state index contributed by atoms with van der Waals surface area (Å²) in [6, 6.07) is 2.43. The van der Waals surface area contributed by atoms with Crippen LogP contribution in [0.15, 0.2) is 33.5 Å². The molecule has 0 aliphatic carbocycles. The molecule has 2 aliphatic rings. The zero-order valence-corrected chi connectivity index (χ0v) is 14.8. The first-order valence-corrected chi connectivity index (χ1v) is 7.96. The molecule has 1 unspecified atom stereocenters. The van der Waals surface area contributed by atoms with Crippen LogP contribution in [0.5, 0.6) is 0 Å². The number of alkyl halides is 6. The second-order valence-electron chi connectivity index (χ2n) is 5.30. The highest BCUT2D eigenvalue weighted by Crippen LogP contribution is 2.39. The van der Waals surface area contributed by atoms with Crippen molar-refractivity contribution in [2.75, 3.05) is 5.01 Å². The third kappa shape index (κ3) is 3.56. The number of hydrogen-bond donors (Lipinski definition) is 2. The van der Waals surface area contributed by atoms with Gasteiger partial charge in [0.05, 0.1) is 26.3 Å². The summed E-state index contributed by atoms with van der Waals surface area (Å²) in [4.78, 5) is 5.82. The standard InChI is InChI=1S/C13H6Cl3F6N5/c14-4-1-3(2-5(15)7(4)16)27-9(23)6-8(12(17,18)19)24-11(13(20,21)22)25-10(6)26-27/h1-2,10,26H,23H2. The Morgan fingerprint density at radius 1 is 1.00 bits per heavy atom. The Hall–Kier alpha value is -1.69. The number of benzene rings is 1. The van der Waals surface area contributed by atoms with Gasteiger partial charge in [-0.3, -0.25) is 5.01 Å². The van der Waals surface area contributed by atoms with Gasteiger partial charge in [0.15, 0.2) is 5.71 Å². The molecule has 0 bridgehead atoms. The molecule has 0 saturated carbocycles. The number of amidine groups is 1. The van der Waals surface area contributed by atoms with E-state index >= 15 is 0 Å². The predicted molar refractivity (Wildman–Crippen MR) is 89.1 cm³/mol. The summed E-state index contributed by atoms with van der Waals surface area (Å²) in [5.74, 6) is -2.49. The Kier molecular flexibility index (Phi) is 4.78. The van der Waals surface area contributed by atoms with Gasteiger partial charge >= 0.3 is 12.4 Å². The molecule has 0 aromatic heterocycles. The zero-order valence-electron chi connectivity index (χ0n) is 12.6. The van der Waals surface area contributed by atoms with Gasteiger partial charge in [-0.15, -0.1) is 0 Å². The number of anilines is 1. The highest BCUT2D eigenvalue weighted by Gasteiger charge is 2.51. The summed E-state index contributed by atoms with van der Waals surface area (Å²) in [6.07, 6.45) is -12.1. The molecule has 2 aliphatic heterocycles. The molecule has 5 nitrogen and oxygen atoms in total. The number of rotatable bonds is 1. The molecule has 0 amide bonds. The van der Waals surface area contributed by atoms with Crippen molar-refractivity contribution in [3.05, 3.63) is 38.6 Å². The normalized spacial score (nSPS) is 20.6. The van der Waals surface area contributed by atoms with Gasteiger partial charge in [-0.1, -0.05) is 34.8 Å². The lowest BCUT2D eigenvalue weighted by molar-refractivity contribution is -0.0636. The van der Waals surface area contributed by atoms with Crippen LogP contribution in [0.3, 0.4) is 0 Å². The molecule has 1 aromatic carbocycles. The van der Waals surface area contributed by atoms with Crippen molar-refractivity contribution < 1.29 is 26.3 Å². The van der Waals surface area contributed by atoms with Crippen LogP contribution >= 0.6 is 34.8 Å². The lowest BCUT2D eigenvalue weighted by atomic mass is 10.1. The van der Waals surface area contributed by atoms with Gasteiger partial charge in [-0.2, -0.15) is 31.8 Å². The summed E-state index contributed by atoms with van der Waals surface area (Å²) in [5.41, 5.74) is 5.57. The molecule has 3 rings (SSSR count). The van der Waals surface area contributed by atoms with Crippen molar-refractivity contribution in [2.24, 2.45) is 15.7 Å². The number of nitrogens with zero attached hydrogens (tertiary/aromatic N) is 3. The van der Waals surface area contributed by atoms with Crippen molar-refractivity contribution in [3.63, 3.8) is 0 Å². The first kappa shape index (κ1) is 20.1.